The topological polar surface area (TPSA) is 73.4 Å². The number of carboxylic acids is 1. The molecule has 18 heavy (non-hydrogen) atoms. The Kier molecular flexibility index (Phi) is 4.53. The van der Waals surface area contributed by atoms with E-state index in [0.717, 1.165) is 12.1 Å². The molecule has 1 rings (SSSR count). The van der Waals surface area contributed by atoms with Crippen molar-refractivity contribution in [1.29, 1.82) is 0 Å². The maximum atomic E-state index is 11.9. The SMILES string of the molecule is CN(CCc1ccc[nH]1)C(=O)CC(C)(C)C(=O)O. The van der Waals surface area contributed by atoms with Gasteiger partial charge in [-0.15, -0.1) is 0 Å². The number of rotatable bonds is 6. The number of hydrogen-bond acceptors (Lipinski definition) is 2. The summed E-state index contributed by atoms with van der Waals surface area (Å²) in [5.41, 5.74) is 0.0461. The van der Waals surface area contributed by atoms with Gasteiger partial charge < -0.3 is 15.0 Å². The number of aromatic amines is 1. The lowest BCUT2D eigenvalue weighted by atomic mass is 9.89. The molecule has 2 N–H and O–H groups in total. The normalized spacial score (nSPS) is 11.3. The third kappa shape index (κ3) is 3.91. The molecule has 0 radical (unpaired) electrons. The second-order valence-corrected chi connectivity index (χ2v) is 5.13. The van der Waals surface area contributed by atoms with Gasteiger partial charge in [0, 0.05) is 38.3 Å². The molecular formula is C13H20N2O3. The molecule has 1 amide bonds. The van der Waals surface area contributed by atoms with Crippen LogP contribution in [-0.4, -0.2) is 40.5 Å². The standard InChI is InChI=1S/C13H20N2O3/c1-13(2,12(17)18)9-11(16)15(3)8-6-10-5-4-7-14-10/h4-5,7,14H,6,8-9H2,1-3H3,(H,17,18). The molecule has 1 aromatic rings. The van der Waals surface area contributed by atoms with Crippen molar-refractivity contribution in [3.8, 4) is 0 Å². The van der Waals surface area contributed by atoms with E-state index >= 15 is 0 Å². The number of nitrogens with zero attached hydrogens (tertiary/aromatic N) is 1. The molecule has 1 aromatic heterocycles. The fraction of sp³-hybridized carbons (Fsp3) is 0.538. The van der Waals surface area contributed by atoms with Gasteiger partial charge in [-0.2, -0.15) is 0 Å². The molecule has 100 valence electrons. The van der Waals surface area contributed by atoms with Crippen molar-refractivity contribution in [3.05, 3.63) is 24.0 Å². The van der Waals surface area contributed by atoms with Crippen LogP contribution in [0.3, 0.4) is 0 Å². The van der Waals surface area contributed by atoms with Crippen LogP contribution in [0.25, 0.3) is 0 Å². The molecule has 0 spiro atoms. The first-order chi connectivity index (χ1) is 8.33. The molecule has 0 fully saturated rings. The molecule has 0 aliphatic heterocycles. The van der Waals surface area contributed by atoms with Crippen LogP contribution in [0.5, 0.6) is 0 Å². The van der Waals surface area contributed by atoms with Crippen LogP contribution in [0.2, 0.25) is 0 Å². The van der Waals surface area contributed by atoms with Gasteiger partial charge in [-0.05, 0) is 26.0 Å². The fourth-order valence-corrected chi connectivity index (χ4v) is 1.52. The van der Waals surface area contributed by atoms with Crippen molar-refractivity contribution in [1.82, 2.24) is 9.88 Å². The number of carboxylic acid groups (broad SMARTS) is 1. The van der Waals surface area contributed by atoms with Gasteiger partial charge in [0.2, 0.25) is 5.91 Å². The smallest absolute Gasteiger partial charge is 0.309 e. The van der Waals surface area contributed by atoms with Gasteiger partial charge in [-0.1, -0.05) is 0 Å². The Morgan fingerprint density at radius 1 is 1.44 bits per heavy atom. The summed E-state index contributed by atoms with van der Waals surface area (Å²) in [6.45, 7) is 3.70. The number of amides is 1. The summed E-state index contributed by atoms with van der Waals surface area (Å²) in [4.78, 5) is 27.5. The maximum Gasteiger partial charge on any atom is 0.309 e. The van der Waals surface area contributed by atoms with Crippen molar-refractivity contribution >= 4 is 11.9 Å². The first-order valence-corrected chi connectivity index (χ1v) is 5.92. The van der Waals surface area contributed by atoms with Crippen molar-refractivity contribution < 1.29 is 14.7 Å². The molecule has 0 atom stereocenters. The zero-order chi connectivity index (χ0) is 13.8. The molecule has 0 aliphatic rings. The lowest BCUT2D eigenvalue weighted by Crippen LogP contribution is -2.35. The van der Waals surface area contributed by atoms with Crippen LogP contribution in [0.4, 0.5) is 0 Å². The molecule has 0 aromatic carbocycles. The minimum absolute atomic E-state index is 0.0174. The molecule has 0 bridgehead atoms. The van der Waals surface area contributed by atoms with Crippen LogP contribution in [0.15, 0.2) is 18.3 Å². The zero-order valence-corrected chi connectivity index (χ0v) is 11.1. The van der Waals surface area contributed by atoms with Crippen LogP contribution in [0.1, 0.15) is 26.0 Å². The molecule has 5 nitrogen and oxygen atoms in total. The Bertz CT molecular complexity index is 410. The predicted octanol–water partition coefficient (Wildman–Crippen LogP) is 1.52. The molecule has 1 heterocycles. The summed E-state index contributed by atoms with van der Waals surface area (Å²) in [6, 6.07) is 3.87. The number of carbonyl (C=O) groups is 2. The number of likely N-dealkylation sites (N-methyl/N-ethyl adjacent to an activating group) is 1. The highest BCUT2D eigenvalue weighted by atomic mass is 16.4. The van der Waals surface area contributed by atoms with Crippen LogP contribution in [0, 0.1) is 5.41 Å². The van der Waals surface area contributed by atoms with E-state index in [2.05, 4.69) is 4.98 Å². The quantitative estimate of drug-likeness (QED) is 0.806. The first kappa shape index (κ1) is 14.3. The number of hydrogen-bond donors (Lipinski definition) is 2. The molecular weight excluding hydrogens is 232 g/mol. The van der Waals surface area contributed by atoms with Gasteiger partial charge >= 0.3 is 5.97 Å². The van der Waals surface area contributed by atoms with Crippen molar-refractivity contribution in [2.75, 3.05) is 13.6 Å². The summed E-state index contributed by atoms with van der Waals surface area (Å²) >= 11 is 0. The van der Waals surface area contributed by atoms with Crippen molar-refractivity contribution in [3.63, 3.8) is 0 Å². The van der Waals surface area contributed by atoms with Crippen LogP contribution in [-0.2, 0) is 16.0 Å². The van der Waals surface area contributed by atoms with E-state index in [1.54, 1.807) is 25.8 Å². The van der Waals surface area contributed by atoms with E-state index < -0.39 is 11.4 Å². The van der Waals surface area contributed by atoms with Crippen LogP contribution >= 0.6 is 0 Å². The maximum absolute atomic E-state index is 11.9. The van der Waals surface area contributed by atoms with E-state index in [-0.39, 0.29) is 12.3 Å². The summed E-state index contributed by atoms with van der Waals surface area (Å²) < 4.78 is 0. The summed E-state index contributed by atoms with van der Waals surface area (Å²) in [7, 11) is 1.70. The third-order valence-corrected chi connectivity index (χ3v) is 2.98. The highest BCUT2D eigenvalue weighted by Gasteiger charge is 2.31. The lowest BCUT2D eigenvalue weighted by Gasteiger charge is -2.23. The average Bonchev–Trinajstić information content (AvgIpc) is 2.77. The Hall–Kier alpha value is -1.78. The van der Waals surface area contributed by atoms with Crippen molar-refractivity contribution in [2.45, 2.75) is 26.7 Å². The lowest BCUT2D eigenvalue weighted by molar-refractivity contribution is -0.151. The van der Waals surface area contributed by atoms with E-state index in [1.807, 2.05) is 18.3 Å². The first-order valence-electron chi connectivity index (χ1n) is 5.92. The van der Waals surface area contributed by atoms with Gasteiger partial charge in [-0.25, -0.2) is 0 Å². The average molecular weight is 252 g/mol. The van der Waals surface area contributed by atoms with Crippen LogP contribution < -0.4 is 0 Å². The Labute approximate surface area is 107 Å². The van der Waals surface area contributed by atoms with E-state index in [4.69, 9.17) is 5.11 Å². The Balaban J connectivity index is 2.44. The van der Waals surface area contributed by atoms with Gasteiger partial charge in [0.1, 0.15) is 0 Å². The highest BCUT2D eigenvalue weighted by Crippen LogP contribution is 2.21. The number of aliphatic carboxylic acids is 1. The molecule has 0 saturated carbocycles. The van der Waals surface area contributed by atoms with E-state index in [0.29, 0.717) is 6.54 Å². The minimum Gasteiger partial charge on any atom is -0.481 e. The molecule has 0 saturated heterocycles. The number of nitrogens with one attached hydrogen (secondary N) is 1. The second-order valence-electron chi connectivity index (χ2n) is 5.13. The van der Waals surface area contributed by atoms with Gasteiger partial charge in [-0.3, -0.25) is 9.59 Å². The number of aromatic nitrogens is 1. The second kappa shape index (κ2) is 5.71. The zero-order valence-electron chi connectivity index (χ0n) is 11.1. The highest BCUT2D eigenvalue weighted by molar-refractivity contribution is 5.84. The van der Waals surface area contributed by atoms with E-state index in [9.17, 15) is 9.59 Å². The van der Waals surface area contributed by atoms with Gasteiger partial charge in [0.05, 0.1) is 5.41 Å². The fourth-order valence-electron chi connectivity index (χ4n) is 1.52. The largest absolute Gasteiger partial charge is 0.481 e. The monoisotopic (exact) mass is 252 g/mol. The summed E-state index contributed by atoms with van der Waals surface area (Å²) in [6.07, 6.45) is 2.59. The third-order valence-electron chi connectivity index (χ3n) is 2.98. The number of H-pyrrole nitrogens is 1. The predicted molar refractivity (Wildman–Crippen MR) is 68.2 cm³/mol. The van der Waals surface area contributed by atoms with Crippen molar-refractivity contribution in [2.24, 2.45) is 5.41 Å². The summed E-state index contributed by atoms with van der Waals surface area (Å²) in [5.74, 6) is -1.09. The van der Waals surface area contributed by atoms with Gasteiger partial charge in [0.25, 0.3) is 0 Å². The Morgan fingerprint density at radius 3 is 2.61 bits per heavy atom. The van der Waals surface area contributed by atoms with Gasteiger partial charge in [0.15, 0.2) is 0 Å². The van der Waals surface area contributed by atoms with E-state index in [1.165, 1.54) is 0 Å². The summed E-state index contributed by atoms with van der Waals surface area (Å²) in [5, 5.41) is 8.98. The minimum atomic E-state index is -1.02. The molecule has 0 aliphatic carbocycles. The Morgan fingerprint density at radius 2 is 2.11 bits per heavy atom. The number of carbonyl (C=O) groups excluding carboxylic acids is 1. The molecule has 0 unspecified atom stereocenters. The molecule has 5 heteroatoms.